The molecule has 0 amide bonds. The minimum atomic E-state index is -4.35. The van der Waals surface area contributed by atoms with E-state index in [1.807, 2.05) is 0 Å². The van der Waals surface area contributed by atoms with Crippen LogP contribution in [-0.2, 0) is 0 Å². The summed E-state index contributed by atoms with van der Waals surface area (Å²) in [5, 5.41) is 0. The highest BCUT2D eigenvalue weighted by Crippen LogP contribution is 2.30. The third-order valence-electron chi connectivity index (χ3n) is 2.05. The highest BCUT2D eigenvalue weighted by molar-refractivity contribution is 5.85. The van der Waals surface area contributed by atoms with Gasteiger partial charge in [0.25, 0.3) is 0 Å². The fourth-order valence-electron chi connectivity index (χ4n) is 1.27. The molecule has 0 heterocycles. The van der Waals surface area contributed by atoms with Crippen molar-refractivity contribution in [1.82, 2.24) is 0 Å². The Bertz CT molecular complexity index is 370. The number of rotatable bonds is 3. The van der Waals surface area contributed by atoms with Crippen LogP contribution < -0.4 is 10.5 Å². The molecule has 2 nitrogen and oxygen atoms in total. The van der Waals surface area contributed by atoms with Gasteiger partial charge in [-0.15, -0.1) is 12.4 Å². The molecule has 0 aliphatic carbocycles. The van der Waals surface area contributed by atoms with Crippen molar-refractivity contribution in [2.45, 2.75) is 18.6 Å². The number of alkyl halides is 3. The maximum atomic E-state index is 13.0. The van der Waals surface area contributed by atoms with Gasteiger partial charge in [-0.3, -0.25) is 0 Å². The van der Waals surface area contributed by atoms with Crippen LogP contribution in [0.2, 0.25) is 0 Å². The van der Waals surface area contributed by atoms with Crippen LogP contribution in [0.4, 0.5) is 17.6 Å². The topological polar surface area (TPSA) is 35.2 Å². The second kappa shape index (κ2) is 6.07. The van der Waals surface area contributed by atoms with Crippen LogP contribution in [-0.4, -0.2) is 13.3 Å². The van der Waals surface area contributed by atoms with Gasteiger partial charge in [0.15, 0.2) is 11.6 Å². The zero-order valence-electron chi connectivity index (χ0n) is 8.92. The van der Waals surface area contributed by atoms with Crippen molar-refractivity contribution >= 4 is 12.4 Å². The standard InChI is InChI=1S/C10H11F4NO.ClH/c1-16-9-4-6(2-3-7(9)11)8(15)5-10(12,13)14;/h2-4,8H,5,15H2,1H3;1H/t8-;/m0./s1. The Balaban J connectivity index is 0.00000256. The lowest BCUT2D eigenvalue weighted by Crippen LogP contribution is -2.20. The van der Waals surface area contributed by atoms with Crippen molar-refractivity contribution in [2.24, 2.45) is 5.73 Å². The fraction of sp³-hybridized carbons (Fsp3) is 0.400. The van der Waals surface area contributed by atoms with Crippen LogP contribution in [0.15, 0.2) is 18.2 Å². The first kappa shape index (κ1) is 16.0. The Hall–Kier alpha value is -1.01. The SMILES string of the molecule is COc1cc([C@@H](N)CC(F)(F)F)ccc1F.Cl. The molecule has 0 bridgehead atoms. The Labute approximate surface area is 102 Å². The van der Waals surface area contributed by atoms with Crippen LogP contribution in [0, 0.1) is 5.82 Å². The van der Waals surface area contributed by atoms with Crippen molar-refractivity contribution in [1.29, 1.82) is 0 Å². The summed E-state index contributed by atoms with van der Waals surface area (Å²) in [5.74, 6) is -0.749. The van der Waals surface area contributed by atoms with Gasteiger partial charge in [0.05, 0.1) is 13.5 Å². The molecule has 0 unspecified atom stereocenters. The molecule has 0 spiro atoms. The maximum absolute atomic E-state index is 13.0. The Kier molecular flexibility index (Phi) is 5.71. The van der Waals surface area contributed by atoms with Gasteiger partial charge in [0.1, 0.15) is 0 Å². The van der Waals surface area contributed by atoms with E-state index < -0.39 is 24.5 Å². The number of ether oxygens (including phenoxy) is 1. The molecule has 17 heavy (non-hydrogen) atoms. The van der Waals surface area contributed by atoms with Crippen LogP contribution in [0.1, 0.15) is 18.0 Å². The first-order valence-corrected chi connectivity index (χ1v) is 4.49. The Morgan fingerprint density at radius 3 is 2.41 bits per heavy atom. The molecule has 98 valence electrons. The summed E-state index contributed by atoms with van der Waals surface area (Å²) in [6, 6.07) is 2.21. The van der Waals surface area contributed by atoms with Crippen LogP contribution in [0.5, 0.6) is 5.75 Å². The highest BCUT2D eigenvalue weighted by Gasteiger charge is 2.31. The van der Waals surface area contributed by atoms with E-state index in [4.69, 9.17) is 5.73 Å². The van der Waals surface area contributed by atoms with Gasteiger partial charge >= 0.3 is 6.18 Å². The normalized spacial score (nSPS) is 12.8. The van der Waals surface area contributed by atoms with E-state index >= 15 is 0 Å². The predicted molar refractivity (Wildman–Crippen MR) is 57.8 cm³/mol. The quantitative estimate of drug-likeness (QED) is 0.859. The van der Waals surface area contributed by atoms with Crippen LogP contribution >= 0.6 is 12.4 Å². The molecule has 7 heteroatoms. The third-order valence-corrected chi connectivity index (χ3v) is 2.05. The lowest BCUT2D eigenvalue weighted by molar-refractivity contribution is -0.138. The number of methoxy groups -OCH3 is 1. The van der Waals surface area contributed by atoms with E-state index in [0.29, 0.717) is 0 Å². The second-order valence-electron chi connectivity index (χ2n) is 3.32. The fourth-order valence-corrected chi connectivity index (χ4v) is 1.27. The molecule has 1 atom stereocenters. The van der Waals surface area contributed by atoms with E-state index in [-0.39, 0.29) is 23.7 Å². The smallest absolute Gasteiger partial charge is 0.390 e. The molecule has 1 rings (SSSR count). The first-order valence-electron chi connectivity index (χ1n) is 4.49. The summed E-state index contributed by atoms with van der Waals surface area (Å²) in [4.78, 5) is 0. The Morgan fingerprint density at radius 2 is 1.94 bits per heavy atom. The van der Waals surface area contributed by atoms with E-state index in [1.54, 1.807) is 0 Å². The number of hydrogen-bond acceptors (Lipinski definition) is 2. The summed E-state index contributed by atoms with van der Waals surface area (Å²) in [7, 11) is 1.23. The lowest BCUT2D eigenvalue weighted by atomic mass is 10.0. The average Bonchev–Trinajstić information content (AvgIpc) is 2.15. The van der Waals surface area contributed by atoms with Crippen LogP contribution in [0.25, 0.3) is 0 Å². The lowest BCUT2D eigenvalue weighted by Gasteiger charge is -2.15. The van der Waals surface area contributed by atoms with Crippen molar-refractivity contribution in [3.8, 4) is 5.75 Å². The Morgan fingerprint density at radius 1 is 1.35 bits per heavy atom. The second-order valence-corrected chi connectivity index (χ2v) is 3.32. The van der Waals surface area contributed by atoms with E-state index in [1.165, 1.54) is 19.2 Å². The van der Waals surface area contributed by atoms with Crippen molar-refractivity contribution < 1.29 is 22.3 Å². The molecular formula is C10H12ClF4NO. The van der Waals surface area contributed by atoms with Gasteiger partial charge in [-0.2, -0.15) is 13.2 Å². The van der Waals surface area contributed by atoms with Gasteiger partial charge in [0.2, 0.25) is 0 Å². The van der Waals surface area contributed by atoms with E-state index in [2.05, 4.69) is 4.74 Å². The summed E-state index contributed by atoms with van der Waals surface area (Å²) < 4.78 is 53.8. The third kappa shape index (κ3) is 4.79. The molecule has 2 N–H and O–H groups in total. The summed E-state index contributed by atoms with van der Waals surface area (Å²) in [5.41, 5.74) is 5.55. The van der Waals surface area contributed by atoms with Crippen molar-refractivity contribution in [2.75, 3.05) is 7.11 Å². The largest absolute Gasteiger partial charge is 0.494 e. The van der Waals surface area contributed by atoms with E-state index in [0.717, 1.165) is 6.07 Å². The molecule has 0 radical (unpaired) electrons. The average molecular weight is 274 g/mol. The van der Waals surface area contributed by atoms with Gasteiger partial charge in [-0.25, -0.2) is 4.39 Å². The van der Waals surface area contributed by atoms with Gasteiger partial charge < -0.3 is 10.5 Å². The minimum Gasteiger partial charge on any atom is -0.494 e. The zero-order valence-corrected chi connectivity index (χ0v) is 9.74. The molecule has 0 saturated heterocycles. The summed E-state index contributed by atoms with van der Waals surface area (Å²) in [6.07, 6.45) is -5.50. The van der Waals surface area contributed by atoms with Gasteiger partial charge in [-0.05, 0) is 17.7 Å². The first-order chi connectivity index (χ1) is 7.33. The maximum Gasteiger partial charge on any atom is 0.390 e. The summed E-state index contributed by atoms with van der Waals surface area (Å²) >= 11 is 0. The molecule has 0 aromatic heterocycles. The molecule has 0 aliphatic rings. The van der Waals surface area contributed by atoms with Gasteiger partial charge in [-0.1, -0.05) is 6.07 Å². The number of nitrogens with two attached hydrogens (primary N) is 1. The molecule has 0 fully saturated rings. The number of hydrogen-bond donors (Lipinski definition) is 1. The monoisotopic (exact) mass is 273 g/mol. The van der Waals surface area contributed by atoms with E-state index in [9.17, 15) is 17.6 Å². The molecule has 1 aromatic carbocycles. The van der Waals surface area contributed by atoms with Crippen molar-refractivity contribution in [3.63, 3.8) is 0 Å². The molecule has 0 aliphatic heterocycles. The zero-order chi connectivity index (χ0) is 12.3. The highest BCUT2D eigenvalue weighted by atomic mass is 35.5. The van der Waals surface area contributed by atoms with Crippen LogP contribution in [0.3, 0.4) is 0 Å². The minimum absolute atomic E-state index is 0. The van der Waals surface area contributed by atoms with Gasteiger partial charge in [0, 0.05) is 6.04 Å². The molecule has 0 saturated carbocycles. The molecule has 1 aromatic rings. The molecular weight excluding hydrogens is 262 g/mol. The number of benzene rings is 1. The summed E-state index contributed by atoms with van der Waals surface area (Å²) in [6.45, 7) is 0. The van der Waals surface area contributed by atoms with Crippen molar-refractivity contribution in [3.05, 3.63) is 29.6 Å². The number of halogens is 5. The predicted octanol–water partition coefficient (Wildman–Crippen LogP) is 3.21.